The van der Waals surface area contributed by atoms with Crippen LogP contribution in [0.5, 0.6) is 0 Å². The average Bonchev–Trinajstić information content (AvgIpc) is 3.29. The third-order valence-electron chi connectivity index (χ3n) is 5.67. The van der Waals surface area contributed by atoms with Crippen molar-refractivity contribution < 1.29 is 4.79 Å². The first-order valence-electron chi connectivity index (χ1n) is 9.86. The normalized spacial score (nSPS) is 14.3. The van der Waals surface area contributed by atoms with Gasteiger partial charge in [-0.15, -0.1) is 0 Å². The zero-order valence-corrected chi connectivity index (χ0v) is 18.0. The molecule has 10 heteroatoms. The highest BCUT2D eigenvalue weighted by atomic mass is 32.1. The van der Waals surface area contributed by atoms with Crippen molar-refractivity contribution in [3.8, 4) is 6.07 Å². The molecule has 1 N–H and O–H groups in total. The van der Waals surface area contributed by atoms with Gasteiger partial charge < -0.3 is 9.80 Å². The highest BCUT2D eigenvalue weighted by Crippen LogP contribution is 2.28. The van der Waals surface area contributed by atoms with Gasteiger partial charge in [-0.05, 0) is 44.3 Å². The van der Waals surface area contributed by atoms with Crippen molar-refractivity contribution in [2.75, 3.05) is 31.1 Å². The molecule has 1 aliphatic rings. The van der Waals surface area contributed by atoms with Crippen LogP contribution in [-0.2, 0) is 11.2 Å². The molecule has 156 valence electrons. The van der Waals surface area contributed by atoms with Crippen molar-refractivity contribution in [1.29, 1.82) is 5.26 Å². The molecule has 0 atom stereocenters. The van der Waals surface area contributed by atoms with Gasteiger partial charge in [-0.25, -0.2) is 9.50 Å². The first-order chi connectivity index (χ1) is 14.4. The SMILES string of the molecule is Cc1nsc(N2CCN(C(=O)CCc3c(C)nc4cc(=O)[nH]n4c3C)CC2)c1C#N. The van der Waals surface area contributed by atoms with E-state index in [1.54, 1.807) is 4.52 Å². The van der Waals surface area contributed by atoms with E-state index in [1.807, 2.05) is 25.7 Å². The van der Waals surface area contributed by atoms with Crippen LogP contribution in [0, 0.1) is 32.1 Å². The number of aromatic nitrogens is 4. The molecule has 0 aromatic carbocycles. The smallest absolute Gasteiger partial charge is 0.266 e. The zero-order chi connectivity index (χ0) is 21.4. The summed E-state index contributed by atoms with van der Waals surface area (Å²) in [6, 6.07) is 3.70. The Hall–Kier alpha value is -3.19. The van der Waals surface area contributed by atoms with Gasteiger partial charge in [0.25, 0.3) is 5.56 Å². The number of piperazine rings is 1. The van der Waals surface area contributed by atoms with E-state index in [4.69, 9.17) is 0 Å². The predicted molar refractivity (Wildman–Crippen MR) is 114 cm³/mol. The van der Waals surface area contributed by atoms with Crippen LogP contribution in [0.15, 0.2) is 10.9 Å². The largest absolute Gasteiger partial charge is 0.358 e. The molecule has 1 saturated heterocycles. The fourth-order valence-corrected chi connectivity index (χ4v) is 4.87. The molecule has 4 heterocycles. The highest BCUT2D eigenvalue weighted by molar-refractivity contribution is 7.10. The molecule has 0 bridgehead atoms. The maximum atomic E-state index is 12.8. The Morgan fingerprint density at radius 2 is 1.97 bits per heavy atom. The Bertz CT molecular complexity index is 1210. The van der Waals surface area contributed by atoms with Gasteiger partial charge in [-0.3, -0.25) is 14.7 Å². The van der Waals surface area contributed by atoms with Crippen molar-refractivity contribution in [1.82, 2.24) is 23.9 Å². The highest BCUT2D eigenvalue weighted by Gasteiger charge is 2.25. The molecule has 0 saturated carbocycles. The second-order valence-electron chi connectivity index (χ2n) is 7.50. The number of rotatable bonds is 4. The van der Waals surface area contributed by atoms with Crippen LogP contribution in [0.2, 0.25) is 0 Å². The third-order valence-corrected chi connectivity index (χ3v) is 6.67. The molecule has 1 aliphatic heterocycles. The van der Waals surface area contributed by atoms with Crippen LogP contribution >= 0.6 is 11.5 Å². The van der Waals surface area contributed by atoms with Gasteiger partial charge in [0.1, 0.15) is 16.6 Å². The van der Waals surface area contributed by atoms with Gasteiger partial charge in [0, 0.05) is 50.1 Å². The molecular weight excluding hydrogens is 402 g/mol. The molecule has 1 fully saturated rings. The molecule has 30 heavy (non-hydrogen) atoms. The number of anilines is 1. The number of nitrogens with zero attached hydrogens (tertiary/aromatic N) is 6. The monoisotopic (exact) mass is 425 g/mol. The summed E-state index contributed by atoms with van der Waals surface area (Å²) < 4.78 is 5.96. The predicted octanol–water partition coefficient (Wildman–Crippen LogP) is 1.56. The van der Waals surface area contributed by atoms with Crippen molar-refractivity contribution in [2.45, 2.75) is 33.6 Å². The molecule has 4 rings (SSSR count). The van der Waals surface area contributed by atoms with Crippen molar-refractivity contribution in [2.24, 2.45) is 0 Å². The Labute approximate surface area is 177 Å². The van der Waals surface area contributed by atoms with Crippen LogP contribution in [0.25, 0.3) is 5.65 Å². The minimum Gasteiger partial charge on any atom is -0.358 e. The number of aryl methyl sites for hydroxylation is 3. The standard InChI is InChI=1S/C20H23N7O2S/c1-12-15(14(3)27-17(22-12)10-18(28)23-27)4-5-19(29)25-6-8-26(9-7-25)20-16(11-21)13(2)24-30-20/h10H,4-9H2,1-3H3,(H,23,28). The number of fused-ring (bicyclic) bond motifs is 1. The van der Waals surface area contributed by atoms with Crippen LogP contribution in [-0.4, -0.2) is 56.0 Å². The van der Waals surface area contributed by atoms with E-state index in [2.05, 4.69) is 25.4 Å². The Morgan fingerprint density at radius 1 is 1.23 bits per heavy atom. The van der Waals surface area contributed by atoms with E-state index >= 15 is 0 Å². The molecular formula is C20H23N7O2S. The number of nitrogens with one attached hydrogen (secondary N) is 1. The van der Waals surface area contributed by atoms with E-state index in [-0.39, 0.29) is 11.5 Å². The lowest BCUT2D eigenvalue weighted by atomic mass is 10.1. The quantitative estimate of drug-likeness (QED) is 0.679. The maximum absolute atomic E-state index is 12.8. The van der Waals surface area contributed by atoms with Gasteiger partial charge in [-0.2, -0.15) is 9.64 Å². The Kier molecular flexibility index (Phi) is 5.30. The van der Waals surface area contributed by atoms with Crippen molar-refractivity contribution >= 4 is 28.1 Å². The summed E-state index contributed by atoms with van der Waals surface area (Å²) in [5.41, 5.74) is 4.53. The fourth-order valence-electron chi connectivity index (χ4n) is 3.97. The number of aromatic amines is 1. The number of hydrogen-bond donors (Lipinski definition) is 1. The summed E-state index contributed by atoms with van der Waals surface area (Å²) in [5.74, 6) is 0.107. The summed E-state index contributed by atoms with van der Waals surface area (Å²) >= 11 is 1.35. The zero-order valence-electron chi connectivity index (χ0n) is 17.2. The molecule has 0 aliphatic carbocycles. The lowest BCUT2D eigenvalue weighted by Gasteiger charge is -2.35. The number of carbonyl (C=O) groups is 1. The van der Waals surface area contributed by atoms with Crippen LogP contribution in [0.3, 0.4) is 0 Å². The topological polar surface area (TPSA) is 110 Å². The molecule has 0 radical (unpaired) electrons. The summed E-state index contributed by atoms with van der Waals surface area (Å²) in [4.78, 5) is 32.9. The van der Waals surface area contributed by atoms with Crippen molar-refractivity contribution in [3.05, 3.63) is 44.6 Å². The fraction of sp³-hybridized carbons (Fsp3) is 0.450. The number of hydrogen-bond acceptors (Lipinski definition) is 7. The molecule has 1 amide bonds. The molecule has 0 unspecified atom stereocenters. The van der Waals surface area contributed by atoms with Crippen LogP contribution in [0.1, 0.15) is 34.6 Å². The third kappa shape index (κ3) is 3.57. The van der Waals surface area contributed by atoms with E-state index in [0.717, 1.165) is 27.6 Å². The molecule has 3 aromatic heterocycles. The van der Waals surface area contributed by atoms with E-state index < -0.39 is 0 Å². The number of amides is 1. The molecule has 9 nitrogen and oxygen atoms in total. The van der Waals surface area contributed by atoms with Gasteiger partial charge in [0.2, 0.25) is 5.91 Å². The molecule has 3 aromatic rings. The molecule has 0 spiro atoms. The van der Waals surface area contributed by atoms with Crippen LogP contribution < -0.4 is 10.5 Å². The first-order valence-corrected chi connectivity index (χ1v) is 10.6. The minimum absolute atomic E-state index is 0.107. The number of H-pyrrole nitrogens is 1. The first kappa shape index (κ1) is 20.1. The van der Waals surface area contributed by atoms with Crippen molar-refractivity contribution in [3.63, 3.8) is 0 Å². The summed E-state index contributed by atoms with van der Waals surface area (Å²) in [6.07, 6.45) is 0.968. The number of nitriles is 1. The summed E-state index contributed by atoms with van der Waals surface area (Å²) in [7, 11) is 0. The summed E-state index contributed by atoms with van der Waals surface area (Å²) in [6.45, 7) is 8.32. The lowest BCUT2D eigenvalue weighted by molar-refractivity contribution is -0.131. The lowest BCUT2D eigenvalue weighted by Crippen LogP contribution is -2.48. The summed E-state index contributed by atoms with van der Waals surface area (Å²) in [5, 5.41) is 13.0. The van der Waals surface area contributed by atoms with Gasteiger partial charge >= 0.3 is 0 Å². The number of carbonyl (C=O) groups excluding carboxylic acids is 1. The van der Waals surface area contributed by atoms with E-state index in [0.29, 0.717) is 50.2 Å². The minimum atomic E-state index is -0.188. The van der Waals surface area contributed by atoms with E-state index in [9.17, 15) is 14.9 Å². The Balaban J connectivity index is 1.39. The van der Waals surface area contributed by atoms with E-state index in [1.165, 1.54) is 17.6 Å². The van der Waals surface area contributed by atoms with Crippen LogP contribution in [0.4, 0.5) is 5.00 Å². The van der Waals surface area contributed by atoms with Gasteiger partial charge in [0.05, 0.1) is 5.69 Å². The van der Waals surface area contributed by atoms with Gasteiger partial charge in [-0.1, -0.05) is 0 Å². The Morgan fingerprint density at radius 3 is 2.67 bits per heavy atom. The van der Waals surface area contributed by atoms with Gasteiger partial charge in [0.15, 0.2) is 5.65 Å². The second-order valence-corrected chi connectivity index (χ2v) is 8.25. The second kappa shape index (κ2) is 7.91. The average molecular weight is 426 g/mol. The maximum Gasteiger partial charge on any atom is 0.266 e.